The maximum atomic E-state index is 8.64. The van der Waals surface area contributed by atoms with Gasteiger partial charge in [-0.05, 0) is 36.5 Å². The van der Waals surface area contributed by atoms with Gasteiger partial charge in [0.15, 0.2) is 5.84 Å². The number of benzene rings is 1. The van der Waals surface area contributed by atoms with Gasteiger partial charge in [-0.25, -0.2) is 0 Å². The van der Waals surface area contributed by atoms with Gasteiger partial charge in [-0.1, -0.05) is 37.6 Å². The van der Waals surface area contributed by atoms with E-state index in [4.69, 9.17) is 15.7 Å². The number of oxime groups is 1. The molecule has 0 aliphatic rings. The van der Waals surface area contributed by atoms with Crippen molar-refractivity contribution in [2.45, 2.75) is 40.2 Å². The standard InChI is InChI=1S/C15H24N2O2/c1-4-5-11(2)9-19-10-14-7-6-13(8-12(14)3)15(16)17-18/h6-8,11,18H,4-5,9-10H2,1-3H3,(H2,16,17). The second-order valence-electron chi connectivity index (χ2n) is 5.04. The van der Waals surface area contributed by atoms with E-state index in [9.17, 15) is 0 Å². The number of amidine groups is 1. The Kier molecular flexibility index (Phi) is 6.36. The molecule has 3 N–H and O–H groups in total. The first-order chi connectivity index (χ1) is 9.08. The molecule has 106 valence electrons. The Morgan fingerprint density at radius 2 is 2.21 bits per heavy atom. The zero-order valence-corrected chi connectivity index (χ0v) is 12.0. The summed E-state index contributed by atoms with van der Waals surface area (Å²) in [5.41, 5.74) is 8.51. The molecule has 4 heteroatoms. The predicted octanol–water partition coefficient (Wildman–Crippen LogP) is 3.04. The van der Waals surface area contributed by atoms with Crippen LogP contribution in [0.4, 0.5) is 0 Å². The van der Waals surface area contributed by atoms with E-state index in [0.717, 1.165) is 23.3 Å². The largest absolute Gasteiger partial charge is 0.409 e. The smallest absolute Gasteiger partial charge is 0.170 e. The fraction of sp³-hybridized carbons (Fsp3) is 0.533. The topological polar surface area (TPSA) is 67.8 Å². The number of ether oxygens (including phenoxy) is 1. The van der Waals surface area contributed by atoms with E-state index in [0.29, 0.717) is 12.5 Å². The average molecular weight is 264 g/mol. The van der Waals surface area contributed by atoms with Gasteiger partial charge in [0.1, 0.15) is 0 Å². The number of aryl methyl sites for hydroxylation is 1. The van der Waals surface area contributed by atoms with Gasteiger partial charge < -0.3 is 15.7 Å². The minimum atomic E-state index is 0.132. The quantitative estimate of drug-likeness (QED) is 0.344. The third kappa shape index (κ3) is 4.91. The van der Waals surface area contributed by atoms with E-state index < -0.39 is 0 Å². The SMILES string of the molecule is CCCC(C)COCc1ccc(/C(N)=N/O)cc1C. The summed E-state index contributed by atoms with van der Waals surface area (Å²) < 4.78 is 5.73. The minimum absolute atomic E-state index is 0.132. The third-order valence-electron chi connectivity index (χ3n) is 3.19. The maximum absolute atomic E-state index is 8.64. The normalized spacial score (nSPS) is 13.5. The highest BCUT2D eigenvalue weighted by Crippen LogP contribution is 2.13. The van der Waals surface area contributed by atoms with E-state index in [2.05, 4.69) is 19.0 Å². The molecule has 0 saturated carbocycles. The van der Waals surface area contributed by atoms with E-state index >= 15 is 0 Å². The van der Waals surface area contributed by atoms with Crippen LogP contribution in [-0.2, 0) is 11.3 Å². The molecule has 1 aromatic carbocycles. The summed E-state index contributed by atoms with van der Waals surface area (Å²) >= 11 is 0. The lowest BCUT2D eigenvalue weighted by Crippen LogP contribution is -2.13. The van der Waals surface area contributed by atoms with Gasteiger partial charge in [-0.15, -0.1) is 0 Å². The lowest BCUT2D eigenvalue weighted by atomic mass is 10.0. The molecular formula is C15H24N2O2. The van der Waals surface area contributed by atoms with Crippen LogP contribution in [0.1, 0.15) is 43.4 Å². The number of nitrogens with two attached hydrogens (primary N) is 1. The molecule has 0 bridgehead atoms. The first-order valence-corrected chi connectivity index (χ1v) is 6.73. The predicted molar refractivity (Wildman–Crippen MR) is 77.4 cm³/mol. The van der Waals surface area contributed by atoms with Crippen molar-refractivity contribution in [1.82, 2.24) is 0 Å². The molecular weight excluding hydrogens is 240 g/mol. The van der Waals surface area contributed by atoms with E-state index in [1.54, 1.807) is 0 Å². The zero-order chi connectivity index (χ0) is 14.3. The number of rotatable bonds is 7. The summed E-state index contributed by atoms with van der Waals surface area (Å²) in [6.45, 7) is 7.79. The number of hydrogen-bond donors (Lipinski definition) is 2. The van der Waals surface area contributed by atoms with Crippen LogP contribution in [0.2, 0.25) is 0 Å². The van der Waals surface area contributed by atoms with E-state index in [1.807, 2.05) is 25.1 Å². The molecule has 0 aliphatic carbocycles. The molecule has 0 heterocycles. The van der Waals surface area contributed by atoms with Crippen LogP contribution in [0, 0.1) is 12.8 Å². The van der Waals surface area contributed by atoms with Crippen molar-refractivity contribution in [3.05, 3.63) is 34.9 Å². The van der Waals surface area contributed by atoms with Crippen LogP contribution < -0.4 is 5.73 Å². The van der Waals surface area contributed by atoms with Gasteiger partial charge in [0.05, 0.1) is 6.61 Å². The van der Waals surface area contributed by atoms with Crippen LogP contribution in [0.25, 0.3) is 0 Å². The summed E-state index contributed by atoms with van der Waals surface area (Å²) in [5, 5.41) is 11.6. The Morgan fingerprint density at radius 3 is 2.79 bits per heavy atom. The monoisotopic (exact) mass is 264 g/mol. The van der Waals surface area contributed by atoms with Crippen LogP contribution in [0.5, 0.6) is 0 Å². The van der Waals surface area contributed by atoms with Crippen LogP contribution >= 0.6 is 0 Å². The fourth-order valence-electron chi connectivity index (χ4n) is 2.02. The first kappa shape index (κ1) is 15.5. The molecule has 19 heavy (non-hydrogen) atoms. The summed E-state index contributed by atoms with van der Waals surface area (Å²) in [6, 6.07) is 5.71. The van der Waals surface area contributed by atoms with Crippen molar-refractivity contribution in [3.63, 3.8) is 0 Å². The number of hydrogen-bond acceptors (Lipinski definition) is 3. The van der Waals surface area contributed by atoms with Gasteiger partial charge in [0, 0.05) is 12.2 Å². The highest BCUT2D eigenvalue weighted by Gasteiger charge is 2.05. The Balaban J connectivity index is 2.56. The molecule has 1 rings (SSSR count). The molecule has 0 saturated heterocycles. The zero-order valence-electron chi connectivity index (χ0n) is 12.0. The third-order valence-corrected chi connectivity index (χ3v) is 3.19. The van der Waals surface area contributed by atoms with Crippen LogP contribution in [0.3, 0.4) is 0 Å². The fourth-order valence-corrected chi connectivity index (χ4v) is 2.02. The summed E-state index contributed by atoms with van der Waals surface area (Å²) in [6.07, 6.45) is 2.39. The Bertz CT molecular complexity index is 430. The first-order valence-electron chi connectivity index (χ1n) is 6.73. The summed E-state index contributed by atoms with van der Waals surface area (Å²) in [7, 11) is 0. The van der Waals surface area contributed by atoms with Gasteiger partial charge in [0.2, 0.25) is 0 Å². The lowest BCUT2D eigenvalue weighted by molar-refractivity contribution is 0.0890. The van der Waals surface area contributed by atoms with Gasteiger partial charge >= 0.3 is 0 Å². The second kappa shape index (κ2) is 7.79. The van der Waals surface area contributed by atoms with Crippen molar-refractivity contribution in [2.24, 2.45) is 16.8 Å². The molecule has 0 aromatic heterocycles. The van der Waals surface area contributed by atoms with Crippen LogP contribution in [-0.4, -0.2) is 17.6 Å². The Hall–Kier alpha value is -1.55. The Morgan fingerprint density at radius 1 is 1.47 bits per heavy atom. The molecule has 1 aromatic rings. The van der Waals surface area contributed by atoms with Gasteiger partial charge in [0.25, 0.3) is 0 Å². The molecule has 1 atom stereocenters. The van der Waals surface area contributed by atoms with Crippen molar-refractivity contribution in [3.8, 4) is 0 Å². The summed E-state index contributed by atoms with van der Waals surface area (Å²) in [5.74, 6) is 0.730. The number of nitrogens with zero attached hydrogens (tertiary/aromatic N) is 1. The van der Waals surface area contributed by atoms with Crippen molar-refractivity contribution in [2.75, 3.05) is 6.61 Å². The lowest BCUT2D eigenvalue weighted by Gasteiger charge is -2.12. The van der Waals surface area contributed by atoms with Crippen molar-refractivity contribution in [1.29, 1.82) is 0 Å². The van der Waals surface area contributed by atoms with E-state index in [-0.39, 0.29) is 5.84 Å². The van der Waals surface area contributed by atoms with Gasteiger partial charge in [-0.3, -0.25) is 0 Å². The summed E-state index contributed by atoms with van der Waals surface area (Å²) in [4.78, 5) is 0. The second-order valence-corrected chi connectivity index (χ2v) is 5.04. The Labute approximate surface area is 115 Å². The van der Waals surface area contributed by atoms with Gasteiger partial charge in [-0.2, -0.15) is 0 Å². The molecule has 4 nitrogen and oxygen atoms in total. The molecule has 0 amide bonds. The highest BCUT2D eigenvalue weighted by atomic mass is 16.5. The molecule has 0 fully saturated rings. The van der Waals surface area contributed by atoms with Crippen molar-refractivity contribution >= 4 is 5.84 Å². The molecule has 1 unspecified atom stereocenters. The molecule has 0 aliphatic heterocycles. The molecule has 0 radical (unpaired) electrons. The average Bonchev–Trinajstić information content (AvgIpc) is 2.40. The molecule has 0 spiro atoms. The van der Waals surface area contributed by atoms with Crippen molar-refractivity contribution < 1.29 is 9.94 Å². The van der Waals surface area contributed by atoms with Crippen LogP contribution in [0.15, 0.2) is 23.4 Å². The maximum Gasteiger partial charge on any atom is 0.170 e. The minimum Gasteiger partial charge on any atom is -0.409 e. The highest BCUT2D eigenvalue weighted by molar-refractivity contribution is 5.97. The van der Waals surface area contributed by atoms with E-state index in [1.165, 1.54) is 12.8 Å².